The van der Waals surface area contributed by atoms with Crippen molar-refractivity contribution in [1.82, 2.24) is 9.29 Å². The van der Waals surface area contributed by atoms with E-state index in [2.05, 4.69) is 4.98 Å². The lowest BCUT2D eigenvalue weighted by Crippen LogP contribution is -2.41. The fourth-order valence-electron chi connectivity index (χ4n) is 2.89. The highest BCUT2D eigenvalue weighted by molar-refractivity contribution is 7.88. The van der Waals surface area contributed by atoms with Crippen LogP contribution in [0.15, 0.2) is 42.6 Å². The van der Waals surface area contributed by atoms with Crippen LogP contribution < -0.4 is 0 Å². The Bertz CT molecular complexity index is 841. The summed E-state index contributed by atoms with van der Waals surface area (Å²) in [5.74, 6) is -0.968. The molecule has 1 aromatic carbocycles. The third-order valence-electron chi connectivity index (χ3n) is 4.34. The Morgan fingerprint density at radius 1 is 1.23 bits per heavy atom. The van der Waals surface area contributed by atoms with Crippen molar-refractivity contribution in [2.24, 2.45) is 0 Å². The molecule has 0 radical (unpaired) electrons. The fraction of sp³-hybridized carbons (Fsp3) is 0.389. The molecule has 26 heavy (non-hydrogen) atoms. The summed E-state index contributed by atoms with van der Waals surface area (Å²) in [6.07, 6.45) is 2.92. The highest BCUT2D eigenvalue weighted by Gasteiger charge is 2.29. The Balaban J connectivity index is 1.53. The Morgan fingerprint density at radius 2 is 2.00 bits per heavy atom. The van der Waals surface area contributed by atoms with E-state index in [9.17, 15) is 12.8 Å². The van der Waals surface area contributed by atoms with E-state index in [0.29, 0.717) is 32.5 Å². The summed E-state index contributed by atoms with van der Waals surface area (Å²) in [4.78, 5) is 4.20. The zero-order valence-corrected chi connectivity index (χ0v) is 15.7. The van der Waals surface area contributed by atoms with E-state index in [1.54, 1.807) is 6.20 Å². The van der Waals surface area contributed by atoms with Gasteiger partial charge in [0, 0.05) is 29.9 Å². The van der Waals surface area contributed by atoms with Crippen LogP contribution in [0.5, 0.6) is 0 Å². The lowest BCUT2D eigenvalue weighted by molar-refractivity contribution is 0.00868. The van der Waals surface area contributed by atoms with Gasteiger partial charge >= 0.3 is 0 Å². The zero-order chi connectivity index (χ0) is 18.6. The maximum atomic E-state index is 13.9. The van der Waals surface area contributed by atoms with Gasteiger partial charge < -0.3 is 4.74 Å². The minimum Gasteiger partial charge on any atom is -0.372 e. The molecule has 1 saturated heterocycles. The van der Waals surface area contributed by atoms with E-state index in [0.717, 1.165) is 11.8 Å². The Labute approximate surface area is 157 Å². The standard InChI is InChI=1S/C18H20ClFN2O3S/c19-15-5-4-14(18(20)11-15)13-26(23,24)22-9-6-17(7-10-22)25-12-16-3-1-2-8-21-16/h1-5,8,11,17H,6-7,9-10,12-13H2. The number of hydrogen-bond donors (Lipinski definition) is 0. The maximum Gasteiger partial charge on any atom is 0.218 e. The first kappa shape index (κ1) is 19.2. The smallest absolute Gasteiger partial charge is 0.218 e. The van der Waals surface area contributed by atoms with Gasteiger partial charge in [0.25, 0.3) is 0 Å². The molecule has 1 aromatic heterocycles. The van der Waals surface area contributed by atoms with Crippen molar-refractivity contribution in [3.05, 3.63) is 64.7 Å². The molecule has 1 aliphatic heterocycles. The molecule has 8 heteroatoms. The number of sulfonamides is 1. The number of pyridine rings is 1. The normalized spacial score (nSPS) is 16.7. The predicted molar refractivity (Wildman–Crippen MR) is 97.7 cm³/mol. The molecule has 0 aliphatic carbocycles. The lowest BCUT2D eigenvalue weighted by Gasteiger charge is -2.31. The van der Waals surface area contributed by atoms with Crippen LogP contribution in [0.3, 0.4) is 0 Å². The van der Waals surface area contributed by atoms with Crippen molar-refractivity contribution in [3.8, 4) is 0 Å². The van der Waals surface area contributed by atoms with Crippen LogP contribution in [0.2, 0.25) is 5.02 Å². The molecule has 0 atom stereocenters. The SMILES string of the molecule is O=S(=O)(Cc1ccc(Cl)cc1F)N1CCC(OCc2ccccn2)CC1. The van der Waals surface area contributed by atoms with Gasteiger partial charge in [0.2, 0.25) is 10.0 Å². The zero-order valence-electron chi connectivity index (χ0n) is 14.1. The molecular formula is C18H20ClFN2O3S. The Morgan fingerprint density at radius 3 is 2.65 bits per heavy atom. The molecule has 1 fully saturated rings. The molecule has 0 N–H and O–H groups in total. The first-order valence-electron chi connectivity index (χ1n) is 8.37. The number of aromatic nitrogens is 1. The van der Waals surface area contributed by atoms with Gasteiger partial charge in [-0.1, -0.05) is 23.7 Å². The predicted octanol–water partition coefficient (Wildman–Crippen LogP) is 3.39. The summed E-state index contributed by atoms with van der Waals surface area (Å²) in [5.41, 5.74) is 0.976. The van der Waals surface area contributed by atoms with Crippen LogP contribution in [-0.2, 0) is 27.1 Å². The van der Waals surface area contributed by atoms with E-state index >= 15 is 0 Å². The van der Waals surface area contributed by atoms with Gasteiger partial charge in [-0.05, 0) is 37.1 Å². The van der Waals surface area contributed by atoms with Crippen molar-refractivity contribution in [3.63, 3.8) is 0 Å². The summed E-state index contributed by atoms with van der Waals surface area (Å²) in [6, 6.07) is 9.67. The maximum absolute atomic E-state index is 13.9. The van der Waals surface area contributed by atoms with E-state index in [1.807, 2.05) is 18.2 Å². The van der Waals surface area contributed by atoms with Gasteiger partial charge in [-0.15, -0.1) is 0 Å². The number of piperidine rings is 1. The van der Waals surface area contributed by atoms with Crippen LogP contribution in [0.1, 0.15) is 24.1 Å². The van der Waals surface area contributed by atoms with Crippen molar-refractivity contribution in [2.45, 2.75) is 31.3 Å². The number of halogens is 2. The Kier molecular flexibility index (Phi) is 6.24. The fourth-order valence-corrected chi connectivity index (χ4v) is 4.63. The van der Waals surface area contributed by atoms with E-state index in [4.69, 9.17) is 16.3 Å². The van der Waals surface area contributed by atoms with Crippen molar-refractivity contribution < 1.29 is 17.5 Å². The van der Waals surface area contributed by atoms with Crippen LogP contribution in [0.25, 0.3) is 0 Å². The molecule has 0 unspecified atom stereocenters. The second-order valence-electron chi connectivity index (χ2n) is 6.22. The molecule has 2 heterocycles. The van der Waals surface area contributed by atoms with E-state index in [1.165, 1.54) is 16.4 Å². The Hall–Kier alpha value is -1.54. The topological polar surface area (TPSA) is 59.5 Å². The average Bonchev–Trinajstić information content (AvgIpc) is 2.63. The largest absolute Gasteiger partial charge is 0.372 e. The first-order valence-corrected chi connectivity index (χ1v) is 10.4. The molecule has 5 nitrogen and oxygen atoms in total. The number of hydrogen-bond acceptors (Lipinski definition) is 4. The van der Waals surface area contributed by atoms with Crippen molar-refractivity contribution in [1.29, 1.82) is 0 Å². The summed E-state index contributed by atoms with van der Waals surface area (Å²) in [6.45, 7) is 1.14. The second kappa shape index (κ2) is 8.43. The third kappa shape index (κ3) is 5.01. The first-order chi connectivity index (χ1) is 12.4. The van der Waals surface area contributed by atoms with Gasteiger partial charge in [0.15, 0.2) is 0 Å². The van der Waals surface area contributed by atoms with Gasteiger partial charge in [-0.2, -0.15) is 0 Å². The third-order valence-corrected chi connectivity index (χ3v) is 6.40. The summed E-state index contributed by atoms with van der Waals surface area (Å²) < 4.78 is 46.2. The molecule has 2 aromatic rings. The molecule has 140 valence electrons. The quantitative estimate of drug-likeness (QED) is 0.748. The number of rotatable bonds is 6. The van der Waals surface area contributed by atoms with Gasteiger partial charge in [0.05, 0.1) is 24.2 Å². The van der Waals surface area contributed by atoms with E-state index < -0.39 is 15.8 Å². The monoisotopic (exact) mass is 398 g/mol. The number of benzene rings is 1. The van der Waals surface area contributed by atoms with Gasteiger partial charge in [-0.3, -0.25) is 4.98 Å². The minimum atomic E-state index is -3.58. The van der Waals surface area contributed by atoms with Crippen LogP contribution in [0.4, 0.5) is 4.39 Å². The molecule has 0 bridgehead atoms. The molecule has 0 spiro atoms. The summed E-state index contributed by atoms with van der Waals surface area (Å²) >= 11 is 5.71. The highest BCUT2D eigenvalue weighted by atomic mass is 35.5. The van der Waals surface area contributed by atoms with E-state index in [-0.39, 0.29) is 22.4 Å². The van der Waals surface area contributed by atoms with Gasteiger partial charge in [-0.25, -0.2) is 17.1 Å². The number of ether oxygens (including phenoxy) is 1. The molecular weight excluding hydrogens is 379 g/mol. The molecule has 3 rings (SSSR count). The minimum absolute atomic E-state index is 0.00396. The second-order valence-corrected chi connectivity index (χ2v) is 8.63. The molecule has 0 saturated carbocycles. The van der Waals surface area contributed by atoms with Crippen molar-refractivity contribution >= 4 is 21.6 Å². The average molecular weight is 399 g/mol. The summed E-state index contributed by atoms with van der Waals surface area (Å²) in [5, 5.41) is 0.245. The molecule has 1 aliphatic rings. The number of nitrogens with zero attached hydrogens (tertiary/aromatic N) is 2. The van der Waals surface area contributed by atoms with Gasteiger partial charge in [0.1, 0.15) is 5.82 Å². The van der Waals surface area contributed by atoms with Crippen molar-refractivity contribution in [2.75, 3.05) is 13.1 Å². The summed E-state index contributed by atoms with van der Waals surface area (Å²) in [7, 11) is -3.58. The lowest BCUT2D eigenvalue weighted by atomic mass is 10.1. The molecule has 0 amide bonds. The highest BCUT2D eigenvalue weighted by Crippen LogP contribution is 2.22. The van der Waals surface area contributed by atoms with Crippen LogP contribution in [0, 0.1) is 5.82 Å². The van der Waals surface area contributed by atoms with Crippen LogP contribution >= 0.6 is 11.6 Å². The van der Waals surface area contributed by atoms with Crippen LogP contribution in [-0.4, -0.2) is 36.9 Å².